The molecule has 1 aromatic heterocycles. The van der Waals surface area contributed by atoms with Gasteiger partial charge in [0.25, 0.3) is 0 Å². The van der Waals surface area contributed by atoms with E-state index in [0.29, 0.717) is 16.2 Å². The number of nitrogens with one attached hydrogen (secondary N) is 1. The molecule has 0 bridgehead atoms. The highest BCUT2D eigenvalue weighted by molar-refractivity contribution is 9.10. The van der Waals surface area contributed by atoms with E-state index >= 15 is 0 Å². The van der Waals surface area contributed by atoms with Crippen molar-refractivity contribution in [1.82, 2.24) is 9.97 Å². The molecule has 33 heavy (non-hydrogen) atoms. The van der Waals surface area contributed by atoms with Crippen molar-refractivity contribution in [2.24, 2.45) is 0 Å². The second-order valence-electron chi connectivity index (χ2n) is 9.11. The fraction of sp³-hybridized carbons (Fsp3) is 0.292. The number of nitrogens with zero attached hydrogens (tertiary/aromatic N) is 4. The van der Waals surface area contributed by atoms with Gasteiger partial charge in [0.05, 0.1) is 15.6 Å². The molecule has 0 spiro atoms. The van der Waals surface area contributed by atoms with Crippen LogP contribution in [0, 0.1) is 0 Å². The van der Waals surface area contributed by atoms with Crippen LogP contribution in [0.4, 0.5) is 28.8 Å². The predicted octanol–water partition coefficient (Wildman–Crippen LogP) is 5.25. The number of hydrogen-bond donors (Lipinski definition) is 1. The fourth-order valence-corrected chi connectivity index (χ4v) is 5.51. The Morgan fingerprint density at radius 2 is 1.85 bits per heavy atom. The van der Waals surface area contributed by atoms with Crippen LogP contribution in [0.15, 0.2) is 53.1 Å². The molecule has 4 rings (SSSR count). The van der Waals surface area contributed by atoms with E-state index in [1.165, 1.54) is 0 Å². The number of aromatic nitrogens is 2. The van der Waals surface area contributed by atoms with Gasteiger partial charge in [0, 0.05) is 37.0 Å². The standard InChI is InChI=1S/C24H27BrN5O2P/c1-24(2)16-13-15(11-12-19(16)30(4)22(24)31)29(3)23-26-14-17(25)21(28-23)27-18-9-7-8-10-20(18)33(5,6)32/h7-14H,1-6H3,(H,26,27,28). The zero-order chi connectivity index (χ0) is 24.1. The van der Waals surface area contributed by atoms with Crippen LogP contribution >= 0.6 is 23.1 Å². The minimum Gasteiger partial charge on any atom is -0.339 e. The van der Waals surface area contributed by atoms with Crippen LogP contribution in [0.3, 0.4) is 0 Å². The normalized spacial score (nSPS) is 14.9. The van der Waals surface area contributed by atoms with Gasteiger partial charge in [-0.05, 0) is 79.0 Å². The topological polar surface area (TPSA) is 78.4 Å². The maximum atomic E-state index is 12.7. The van der Waals surface area contributed by atoms with Gasteiger partial charge in [0.2, 0.25) is 11.9 Å². The van der Waals surface area contributed by atoms with E-state index in [2.05, 4.69) is 26.2 Å². The van der Waals surface area contributed by atoms with Gasteiger partial charge < -0.3 is 19.7 Å². The summed E-state index contributed by atoms with van der Waals surface area (Å²) in [4.78, 5) is 25.4. The zero-order valence-electron chi connectivity index (χ0n) is 19.5. The van der Waals surface area contributed by atoms with Gasteiger partial charge in [0.1, 0.15) is 13.0 Å². The summed E-state index contributed by atoms with van der Waals surface area (Å²) in [7, 11) is 1.22. The molecule has 2 heterocycles. The molecule has 0 aliphatic carbocycles. The van der Waals surface area contributed by atoms with E-state index in [1.807, 2.05) is 68.3 Å². The lowest BCUT2D eigenvalue weighted by molar-refractivity contribution is -0.121. The van der Waals surface area contributed by atoms with Crippen LogP contribution < -0.4 is 20.4 Å². The smallest absolute Gasteiger partial charge is 0.236 e. The van der Waals surface area contributed by atoms with Crippen molar-refractivity contribution in [2.45, 2.75) is 19.3 Å². The van der Waals surface area contributed by atoms with Crippen molar-refractivity contribution < 1.29 is 9.36 Å². The Morgan fingerprint density at radius 1 is 1.15 bits per heavy atom. The first-order chi connectivity index (χ1) is 15.4. The van der Waals surface area contributed by atoms with Crippen LogP contribution in [-0.2, 0) is 14.8 Å². The number of likely N-dealkylation sites (N-methyl/N-ethyl adjacent to an activating group) is 1. The zero-order valence-corrected chi connectivity index (χ0v) is 22.0. The monoisotopic (exact) mass is 527 g/mol. The molecule has 172 valence electrons. The number of carbonyl (C=O) groups excluding carboxylic acids is 1. The number of amides is 1. The van der Waals surface area contributed by atoms with Crippen LogP contribution in [0.5, 0.6) is 0 Å². The second-order valence-corrected chi connectivity index (χ2v) is 13.1. The summed E-state index contributed by atoms with van der Waals surface area (Å²) in [5.74, 6) is 1.14. The molecule has 0 saturated heterocycles. The van der Waals surface area contributed by atoms with Gasteiger partial charge in [0.15, 0.2) is 0 Å². The Balaban J connectivity index is 1.69. The predicted molar refractivity (Wildman–Crippen MR) is 139 cm³/mol. The van der Waals surface area contributed by atoms with Crippen LogP contribution in [0.2, 0.25) is 0 Å². The Labute approximate surface area is 202 Å². The molecule has 1 aliphatic rings. The largest absolute Gasteiger partial charge is 0.339 e. The summed E-state index contributed by atoms with van der Waals surface area (Å²) in [5, 5.41) is 4.08. The highest BCUT2D eigenvalue weighted by atomic mass is 79.9. The first-order valence-corrected chi connectivity index (χ1v) is 13.9. The number of halogens is 1. The van der Waals surface area contributed by atoms with Crippen molar-refractivity contribution in [3.05, 3.63) is 58.7 Å². The number of rotatable bonds is 5. The number of anilines is 5. The van der Waals surface area contributed by atoms with Gasteiger partial charge in [-0.3, -0.25) is 4.79 Å². The van der Waals surface area contributed by atoms with E-state index in [9.17, 15) is 9.36 Å². The Morgan fingerprint density at radius 3 is 2.55 bits per heavy atom. The average molecular weight is 528 g/mol. The third-order valence-electron chi connectivity index (χ3n) is 6.01. The van der Waals surface area contributed by atoms with Gasteiger partial charge >= 0.3 is 0 Å². The molecule has 0 radical (unpaired) electrons. The number of fused-ring (bicyclic) bond motifs is 1. The molecule has 0 atom stereocenters. The first-order valence-electron chi connectivity index (χ1n) is 10.5. The van der Waals surface area contributed by atoms with E-state index in [-0.39, 0.29) is 5.91 Å². The third kappa shape index (κ3) is 4.18. The van der Waals surface area contributed by atoms with Gasteiger partial charge in [-0.25, -0.2) is 4.98 Å². The molecule has 3 aromatic rings. The maximum Gasteiger partial charge on any atom is 0.236 e. The number of para-hydroxylation sites is 1. The summed E-state index contributed by atoms with van der Waals surface area (Å²) in [6, 6.07) is 13.5. The molecule has 9 heteroatoms. The summed E-state index contributed by atoms with van der Waals surface area (Å²) in [6.45, 7) is 7.38. The molecule has 1 N–H and O–H groups in total. The quantitative estimate of drug-likeness (QED) is 0.456. The van der Waals surface area contributed by atoms with Crippen molar-refractivity contribution in [3.8, 4) is 0 Å². The lowest BCUT2D eigenvalue weighted by Gasteiger charge is -2.22. The number of hydrogen-bond acceptors (Lipinski definition) is 6. The summed E-state index contributed by atoms with van der Waals surface area (Å²) < 4.78 is 13.4. The van der Waals surface area contributed by atoms with Gasteiger partial charge in [-0.2, -0.15) is 4.98 Å². The van der Waals surface area contributed by atoms with Crippen molar-refractivity contribution in [2.75, 3.05) is 42.5 Å². The summed E-state index contributed by atoms with van der Waals surface area (Å²) >= 11 is 3.52. The van der Waals surface area contributed by atoms with E-state index < -0.39 is 12.6 Å². The Kier molecular flexibility index (Phi) is 5.87. The minimum atomic E-state index is -2.48. The second kappa shape index (κ2) is 8.26. The summed E-state index contributed by atoms with van der Waals surface area (Å²) in [6.07, 6.45) is 1.69. The van der Waals surface area contributed by atoms with Gasteiger partial charge in [-0.1, -0.05) is 12.1 Å². The molecular formula is C24H27BrN5O2P. The number of carbonyl (C=O) groups is 1. The van der Waals surface area contributed by atoms with E-state index in [1.54, 1.807) is 31.5 Å². The molecule has 1 aliphatic heterocycles. The Bertz CT molecular complexity index is 1300. The highest BCUT2D eigenvalue weighted by Gasteiger charge is 2.42. The molecule has 0 saturated carbocycles. The van der Waals surface area contributed by atoms with Crippen LogP contribution in [-0.4, -0.2) is 43.3 Å². The molecule has 0 unspecified atom stereocenters. The molecule has 0 fully saturated rings. The molecular weight excluding hydrogens is 501 g/mol. The first kappa shape index (κ1) is 23.5. The molecule has 2 aromatic carbocycles. The molecule has 1 amide bonds. The lowest BCUT2D eigenvalue weighted by atomic mass is 9.86. The fourth-order valence-electron chi connectivity index (χ4n) is 4.07. The minimum absolute atomic E-state index is 0.0754. The molecule has 7 nitrogen and oxygen atoms in total. The van der Waals surface area contributed by atoms with Crippen molar-refractivity contribution in [3.63, 3.8) is 0 Å². The van der Waals surface area contributed by atoms with Crippen LogP contribution in [0.1, 0.15) is 19.4 Å². The highest BCUT2D eigenvalue weighted by Crippen LogP contribution is 2.43. The van der Waals surface area contributed by atoms with Crippen LogP contribution in [0.25, 0.3) is 0 Å². The van der Waals surface area contributed by atoms with E-state index in [0.717, 1.165) is 27.9 Å². The summed E-state index contributed by atoms with van der Waals surface area (Å²) in [5.41, 5.74) is 2.93. The average Bonchev–Trinajstić information content (AvgIpc) is 2.94. The van der Waals surface area contributed by atoms with E-state index in [4.69, 9.17) is 4.98 Å². The Hall–Kier alpha value is -2.70. The SMILES string of the molecule is CN1C(=O)C(C)(C)c2cc(N(C)c3ncc(Br)c(Nc4ccccc4P(C)(C)=O)n3)ccc21. The van der Waals surface area contributed by atoms with Gasteiger partial charge in [-0.15, -0.1) is 0 Å². The lowest BCUT2D eigenvalue weighted by Crippen LogP contribution is -2.33. The number of benzene rings is 2. The van der Waals surface area contributed by atoms with Crippen molar-refractivity contribution >= 4 is 63.1 Å². The van der Waals surface area contributed by atoms with Crippen molar-refractivity contribution in [1.29, 1.82) is 0 Å². The third-order valence-corrected chi connectivity index (χ3v) is 8.14. The maximum absolute atomic E-state index is 12.7.